The number of hydrogen-bond donors (Lipinski definition) is 1. The summed E-state index contributed by atoms with van der Waals surface area (Å²) >= 11 is 0. The molecule has 0 aliphatic carbocycles. The monoisotopic (exact) mass is 230 g/mol. The molecule has 1 aromatic carbocycles. The minimum Gasteiger partial charge on any atom is -0.458 e. The van der Waals surface area contributed by atoms with E-state index in [9.17, 15) is 5.11 Å². The van der Waals surface area contributed by atoms with Gasteiger partial charge in [0.15, 0.2) is 0 Å². The van der Waals surface area contributed by atoms with Crippen LogP contribution >= 0.6 is 0 Å². The van der Waals surface area contributed by atoms with E-state index in [1.54, 1.807) is 6.92 Å². The summed E-state index contributed by atoms with van der Waals surface area (Å²) in [5.74, 6) is 1.43. The van der Waals surface area contributed by atoms with Crippen molar-refractivity contribution in [2.75, 3.05) is 0 Å². The second kappa shape index (κ2) is 4.76. The van der Waals surface area contributed by atoms with Crippen molar-refractivity contribution in [3.8, 4) is 11.3 Å². The van der Waals surface area contributed by atoms with Crippen LogP contribution in [0.1, 0.15) is 36.8 Å². The highest BCUT2D eigenvalue weighted by Gasteiger charge is 2.09. The molecule has 0 saturated heterocycles. The van der Waals surface area contributed by atoms with Gasteiger partial charge in [0, 0.05) is 5.56 Å². The van der Waals surface area contributed by atoms with Gasteiger partial charge in [0.05, 0.1) is 0 Å². The third-order valence-electron chi connectivity index (χ3n) is 3.05. The second-order valence-corrected chi connectivity index (χ2v) is 4.37. The predicted octanol–water partition coefficient (Wildman–Crippen LogP) is 3.87. The van der Waals surface area contributed by atoms with Crippen LogP contribution in [0.5, 0.6) is 0 Å². The van der Waals surface area contributed by atoms with Crippen LogP contribution in [0.3, 0.4) is 0 Å². The Hall–Kier alpha value is -1.54. The van der Waals surface area contributed by atoms with E-state index in [4.69, 9.17) is 4.42 Å². The van der Waals surface area contributed by atoms with Crippen LogP contribution in [-0.2, 0) is 6.42 Å². The number of furan rings is 1. The number of aliphatic hydroxyl groups excluding tert-OH is 1. The third-order valence-corrected chi connectivity index (χ3v) is 3.05. The van der Waals surface area contributed by atoms with Gasteiger partial charge in [-0.3, -0.25) is 0 Å². The van der Waals surface area contributed by atoms with Gasteiger partial charge in [-0.2, -0.15) is 0 Å². The molecule has 17 heavy (non-hydrogen) atoms. The maximum absolute atomic E-state index is 9.44. The molecule has 0 radical (unpaired) electrons. The Bertz CT molecular complexity index is 509. The first-order chi connectivity index (χ1) is 8.11. The Balaban J connectivity index is 2.38. The quantitative estimate of drug-likeness (QED) is 0.868. The Morgan fingerprint density at radius 3 is 2.59 bits per heavy atom. The molecule has 1 atom stereocenters. The van der Waals surface area contributed by atoms with E-state index in [0.29, 0.717) is 5.76 Å². The van der Waals surface area contributed by atoms with Gasteiger partial charge in [0.25, 0.3) is 0 Å². The zero-order chi connectivity index (χ0) is 12.4. The maximum Gasteiger partial charge on any atom is 0.134 e. The van der Waals surface area contributed by atoms with Gasteiger partial charge < -0.3 is 9.52 Å². The van der Waals surface area contributed by atoms with Gasteiger partial charge >= 0.3 is 0 Å². The highest BCUT2D eigenvalue weighted by atomic mass is 16.4. The van der Waals surface area contributed by atoms with Crippen LogP contribution in [-0.4, -0.2) is 5.11 Å². The second-order valence-electron chi connectivity index (χ2n) is 4.37. The molecule has 0 amide bonds. The summed E-state index contributed by atoms with van der Waals surface area (Å²) in [4.78, 5) is 0. The molecule has 1 heterocycles. The number of rotatable bonds is 3. The first kappa shape index (κ1) is 11.9. The fourth-order valence-electron chi connectivity index (χ4n) is 1.94. The summed E-state index contributed by atoms with van der Waals surface area (Å²) in [7, 11) is 0. The lowest BCUT2D eigenvalue weighted by Gasteiger charge is -2.05. The van der Waals surface area contributed by atoms with Crippen molar-refractivity contribution in [3.05, 3.63) is 47.2 Å². The van der Waals surface area contributed by atoms with Crippen LogP contribution in [0, 0.1) is 6.92 Å². The molecular weight excluding hydrogens is 212 g/mol. The summed E-state index contributed by atoms with van der Waals surface area (Å²) in [6.07, 6.45) is 0.462. The molecule has 0 fully saturated rings. The molecule has 1 unspecified atom stereocenters. The normalized spacial score (nSPS) is 12.7. The van der Waals surface area contributed by atoms with Gasteiger partial charge in [0.1, 0.15) is 17.6 Å². The highest BCUT2D eigenvalue weighted by Crippen LogP contribution is 2.27. The Labute approximate surface area is 102 Å². The molecule has 2 nitrogen and oxygen atoms in total. The van der Waals surface area contributed by atoms with Crippen LogP contribution in [0.25, 0.3) is 11.3 Å². The van der Waals surface area contributed by atoms with Crippen molar-refractivity contribution >= 4 is 0 Å². The Morgan fingerprint density at radius 2 is 2.00 bits per heavy atom. The molecule has 2 heteroatoms. The van der Waals surface area contributed by atoms with Crippen molar-refractivity contribution < 1.29 is 9.52 Å². The minimum atomic E-state index is -0.556. The molecule has 1 aromatic heterocycles. The van der Waals surface area contributed by atoms with Crippen molar-refractivity contribution in [3.63, 3.8) is 0 Å². The number of aryl methyl sites for hydroxylation is 2. The lowest BCUT2D eigenvalue weighted by atomic mass is 10.0. The maximum atomic E-state index is 9.44. The fourth-order valence-corrected chi connectivity index (χ4v) is 1.94. The summed E-state index contributed by atoms with van der Waals surface area (Å²) in [5, 5.41) is 9.44. The van der Waals surface area contributed by atoms with Crippen molar-refractivity contribution in [1.29, 1.82) is 0 Å². The van der Waals surface area contributed by atoms with Crippen LogP contribution in [0.4, 0.5) is 0 Å². The molecule has 2 aromatic rings. The van der Waals surface area contributed by atoms with E-state index < -0.39 is 6.10 Å². The highest BCUT2D eigenvalue weighted by molar-refractivity contribution is 5.59. The summed E-state index contributed by atoms with van der Waals surface area (Å²) < 4.78 is 5.62. The molecular formula is C15H18O2. The Kier molecular flexibility index (Phi) is 3.34. The average Bonchev–Trinajstić information content (AvgIpc) is 2.79. The predicted molar refractivity (Wildman–Crippen MR) is 68.9 cm³/mol. The Morgan fingerprint density at radius 1 is 1.24 bits per heavy atom. The topological polar surface area (TPSA) is 33.4 Å². The van der Waals surface area contributed by atoms with Gasteiger partial charge in [-0.15, -0.1) is 0 Å². The first-order valence-corrected chi connectivity index (χ1v) is 5.99. The molecule has 0 aliphatic heterocycles. The third kappa shape index (κ3) is 2.42. The molecule has 90 valence electrons. The molecule has 0 saturated carbocycles. The largest absolute Gasteiger partial charge is 0.458 e. The molecule has 2 rings (SSSR count). The molecule has 0 spiro atoms. The van der Waals surface area contributed by atoms with Crippen LogP contribution in [0.2, 0.25) is 0 Å². The zero-order valence-corrected chi connectivity index (χ0v) is 10.5. The van der Waals surface area contributed by atoms with Crippen molar-refractivity contribution in [2.24, 2.45) is 0 Å². The minimum absolute atomic E-state index is 0.556. The van der Waals surface area contributed by atoms with E-state index in [2.05, 4.69) is 32.0 Å². The summed E-state index contributed by atoms with van der Waals surface area (Å²) in [5.41, 5.74) is 3.70. The van der Waals surface area contributed by atoms with E-state index in [1.807, 2.05) is 12.1 Å². The smallest absolute Gasteiger partial charge is 0.134 e. The first-order valence-electron chi connectivity index (χ1n) is 5.99. The molecule has 1 N–H and O–H groups in total. The number of aliphatic hydroxyl groups is 1. The van der Waals surface area contributed by atoms with E-state index in [0.717, 1.165) is 17.7 Å². The lowest BCUT2D eigenvalue weighted by molar-refractivity contribution is 0.170. The standard InChI is InChI=1S/C15H18O2/c1-4-12-9-13(6-5-10(12)2)15-8-7-14(17-15)11(3)16/h5-9,11,16H,4H2,1-3H3. The summed E-state index contributed by atoms with van der Waals surface area (Å²) in [6, 6.07) is 10.1. The van der Waals surface area contributed by atoms with Crippen molar-refractivity contribution in [2.45, 2.75) is 33.3 Å². The van der Waals surface area contributed by atoms with E-state index in [-0.39, 0.29) is 0 Å². The van der Waals surface area contributed by atoms with Gasteiger partial charge in [0.2, 0.25) is 0 Å². The summed E-state index contributed by atoms with van der Waals surface area (Å²) in [6.45, 7) is 5.97. The number of hydrogen-bond acceptors (Lipinski definition) is 2. The van der Waals surface area contributed by atoms with E-state index in [1.165, 1.54) is 11.1 Å². The molecule has 0 bridgehead atoms. The lowest BCUT2D eigenvalue weighted by Crippen LogP contribution is -1.87. The van der Waals surface area contributed by atoms with Crippen LogP contribution < -0.4 is 0 Å². The average molecular weight is 230 g/mol. The van der Waals surface area contributed by atoms with E-state index >= 15 is 0 Å². The SMILES string of the molecule is CCc1cc(-c2ccc(C(C)O)o2)ccc1C. The van der Waals surface area contributed by atoms with Crippen LogP contribution in [0.15, 0.2) is 34.7 Å². The molecule has 0 aliphatic rings. The van der Waals surface area contributed by atoms with Crippen molar-refractivity contribution in [1.82, 2.24) is 0 Å². The van der Waals surface area contributed by atoms with Gasteiger partial charge in [-0.05, 0) is 49.6 Å². The number of benzene rings is 1. The zero-order valence-electron chi connectivity index (χ0n) is 10.5. The van der Waals surface area contributed by atoms with Gasteiger partial charge in [-0.1, -0.05) is 19.1 Å². The fraction of sp³-hybridized carbons (Fsp3) is 0.333. The van der Waals surface area contributed by atoms with Gasteiger partial charge in [-0.25, -0.2) is 0 Å².